The summed E-state index contributed by atoms with van der Waals surface area (Å²) < 4.78 is 10.8. The van der Waals surface area contributed by atoms with Gasteiger partial charge in [-0.1, -0.05) is 0 Å². The average molecular weight is 366 g/mol. The molecule has 3 heterocycles. The van der Waals surface area contributed by atoms with E-state index in [9.17, 15) is 9.59 Å². The Morgan fingerprint density at radius 2 is 2.15 bits per heavy atom. The van der Waals surface area contributed by atoms with Crippen molar-refractivity contribution in [2.75, 3.05) is 18.5 Å². The number of benzene rings is 1. The fourth-order valence-electron chi connectivity index (χ4n) is 3.65. The molecule has 2 amide bonds. The van der Waals surface area contributed by atoms with E-state index in [1.54, 1.807) is 42.9 Å². The number of ether oxygens (including phenoxy) is 1. The summed E-state index contributed by atoms with van der Waals surface area (Å²) in [5, 5.41) is 2.80. The smallest absolute Gasteiger partial charge is 0.257 e. The van der Waals surface area contributed by atoms with E-state index < -0.39 is 0 Å². The first kappa shape index (κ1) is 17.4. The molecule has 6 heteroatoms. The van der Waals surface area contributed by atoms with Gasteiger partial charge in [0.25, 0.3) is 5.91 Å². The number of anilines is 1. The summed E-state index contributed by atoms with van der Waals surface area (Å²) in [7, 11) is 0. The van der Waals surface area contributed by atoms with Crippen molar-refractivity contribution in [3.05, 3.63) is 54.0 Å². The molecule has 0 spiro atoms. The van der Waals surface area contributed by atoms with E-state index in [4.69, 9.17) is 9.15 Å². The number of rotatable bonds is 3. The summed E-state index contributed by atoms with van der Waals surface area (Å²) in [6, 6.07) is 7.23. The van der Waals surface area contributed by atoms with Gasteiger partial charge in [0.2, 0.25) is 5.91 Å². The van der Waals surface area contributed by atoms with Crippen molar-refractivity contribution in [2.45, 2.75) is 31.7 Å². The molecule has 1 N–H and O–H groups in total. The Morgan fingerprint density at radius 3 is 3.00 bits per heavy atom. The first-order valence-electron chi connectivity index (χ1n) is 9.30. The number of fused-ring (bicyclic) bond motifs is 2. The van der Waals surface area contributed by atoms with Crippen LogP contribution in [-0.2, 0) is 4.79 Å². The Bertz CT molecular complexity index is 857. The van der Waals surface area contributed by atoms with Crippen LogP contribution in [0, 0.1) is 0 Å². The molecule has 1 atom stereocenters. The van der Waals surface area contributed by atoms with Gasteiger partial charge in [-0.2, -0.15) is 0 Å². The van der Waals surface area contributed by atoms with Crippen molar-refractivity contribution < 1.29 is 18.7 Å². The van der Waals surface area contributed by atoms with Crippen LogP contribution in [-0.4, -0.2) is 35.9 Å². The van der Waals surface area contributed by atoms with E-state index in [1.165, 1.54) is 6.08 Å². The Labute approximate surface area is 157 Å². The highest BCUT2D eigenvalue weighted by Gasteiger charge is 2.31. The molecule has 2 aromatic rings. The topological polar surface area (TPSA) is 71.8 Å². The van der Waals surface area contributed by atoms with Gasteiger partial charge in [-0.15, -0.1) is 0 Å². The summed E-state index contributed by atoms with van der Waals surface area (Å²) in [5.41, 5.74) is 1.89. The van der Waals surface area contributed by atoms with E-state index in [0.717, 1.165) is 37.8 Å². The molecule has 140 valence electrons. The molecule has 0 saturated carbocycles. The number of amides is 2. The zero-order valence-corrected chi connectivity index (χ0v) is 15.0. The molecule has 4 rings (SSSR count). The van der Waals surface area contributed by atoms with Crippen molar-refractivity contribution in [1.82, 2.24) is 4.90 Å². The summed E-state index contributed by atoms with van der Waals surface area (Å²) in [5.74, 6) is 0.293. The first-order chi connectivity index (χ1) is 13.2. The van der Waals surface area contributed by atoms with Crippen LogP contribution in [0.25, 0.3) is 6.08 Å². The third kappa shape index (κ3) is 3.89. The molecule has 1 aromatic carbocycles. The van der Waals surface area contributed by atoms with Crippen LogP contribution in [0.2, 0.25) is 0 Å². The lowest BCUT2D eigenvalue weighted by atomic mass is 9.97. The minimum atomic E-state index is -0.272. The maximum Gasteiger partial charge on any atom is 0.257 e. The minimum absolute atomic E-state index is 0.0144. The van der Waals surface area contributed by atoms with Crippen LogP contribution in [0.4, 0.5) is 5.69 Å². The Balaban J connectivity index is 1.53. The van der Waals surface area contributed by atoms with Crippen molar-refractivity contribution in [2.24, 2.45) is 0 Å². The van der Waals surface area contributed by atoms with E-state index in [2.05, 4.69) is 5.32 Å². The third-order valence-electron chi connectivity index (χ3n) is 5.04. The standard InChI is InChI=1S/C21H22N2O4/c24-20(7-4-15-8-11-26-14-15)22-16-5-6-19-18(13-16)21(25)23-10-2-1-3-17(23)9-12-27-19/h4-8,11,13-14,17H,1-3,9-10,12H2,(H,22,24)/b7-4+/t17-/m1/s1. The second-order valence-electron chi connectivity index (χ2n) is 6.88. The predicted octanol–water partition coefficient (Wildman–Crippen LogP) is 3.71. The van der Waals surface area contributed by atoms with Gasteiger partial charge in [-0.05, 0) is 49.6 Å². The fourth-order valence-corrected chi connectivity index (χ4v) is 3.65. The molecule has 1 fully saturated rings. The molecule has 2 aliphatic heterocycles. The zero-order valence-electron chi connectivity index (χ0n) is 15.0. The number of nitrogens with zero attached hydrogens (tertiary/aromatic N) is 1. The summed E-state index contributed by atoms with van der Waals surface area (Å²) in [4.78, 5) is 27.2. The molecule has 2 aliphatic rings. The van der Waals surface area contributed by atoms with Gasteiger partial charge < -0.3 is 19.4 Å². The second-order valence-corrected chi connectivity index (χ2v) is 6.88. The Hall–Kier alpha value is -3.02. The normalized spacial score (nSPS) is 19.6. The quantitative estimate of drug-likeness (QED) is 0.841. The van der Waals surface area contributed by atoms with Gasteiger partial charge in [0.15, 0.2) is 0 Å². The summed E-state index contributed by atoms with van der Waals surface area (Å²) in [6.45, 7) is 1.38. The van der Waals surface area contributed by atoms with E-state index in [-0.39, 0.29) is 17.9 Å². The molecule has 0 unspecified atom stereocenters. The van der Waals surface area contributed by atoms with Crippen LogP contribution in [0.3, 0.4) is 0 Å². The van der Waals surface area contributed by atoms with Gasteiger partial charge in [0.1, 0.15) is 5.75 Å². The number of piperidine rings is 1. The average Bonchev–Trinajstić information content (AvgIpc) is 3.20. The molecular formula is C21H22N2O4. The van der Waals surface area contributed by atoms with Crippen LogP contribution >= 0.6 is 0 Å². The second kappa shape index (κ2) is 7.70. The highest BCUT2D eigenvalue weighted by Crippen LogP contribution is 2.30. The lowest BCUT2D eigenvalue weighted by Gasteiger charge is -2.37. The first-order valence-corrected chi connectivity index (χ1v) is 9.30. The Kier molecular flexibility index (Phi) is 4.96. The number of nitrogens with one attached hydrogen (secondary N) is 1. The summed E-state index contributed by atoms with van der Waals surface area (Å²) >= 11 is 0. The van der Waals surface area contributed by atoms with Crippen LogP contribution < -0.4 is 10.1 Å². The molecule has 0 bridgehead atoms. The summed E-state index contributed by atoms with van der Waals surface area (Å²) in [6.07, 6.45) is 10.3. The maximum absolute atomic E-state index is 13.1. The molecule has 0 radical (unpaired) electrons. The molecule has 1 aromatic heterocycles. The third-order valence-corrected chi connectivity index (χ3v) is 5.04. The molecule has 6 nitrogen and oxygen atoms in total. The largest absolute Gasteiger partial charge is 0.493 e. The van der Waals surface area contributed by atoms with Crippen LogP contribution in [0.5, 0.6) is 5.75 Å². The van der Waals surface area contributed by atoms with Gasteiger partial charge >= 0.3 is 0 Å². The predicted molar refractivity (Wildman–Crippen MR) is 102 cm³/mol. The Morgan fingerprint density at radius 1 is 1.22 bits per heavy atom. The van der Waals surface area contributed by atoms with Gasteiger partial charge in [0, 0.05) is 36.3 Å². The van der Waals surface area contributed by atoms with Crippen molar-refractivity contribution in [1.29, 1.82) is 0 Å². The van der Waals surface area contributed by atoms with Gasteiger partial charge in [0.05, 0.1) is 24.7 Å². The van der Waals surface area contributed by atoms with Crippen molar-refractivity contribution in [3.63, 3.8) is 0 Å². The van der Waals surface area contributed by atoms with E-state index in [0.29, 0.717) is 23.6 Å². The lowest BCUT2D eigenvalue weighted by molar-refractivity contribution is -0.111. The minimum Gasteiger partial charge on any atom is -0.493 e. The molecule has 27 heavy (non-hydrogen) atoms. The number of hydrogen-bond acceptors (Lipinski definition) is 4. The van der Waals surface area contributed by atoms with Gasteiger partial charge in [-0.3, -0.25) is 9.59 Å². The van der Waals surface area contributed by atoms with Gasteiger partial charge in [-0.25, -0.2) is 0 Å². The molecule has 0 aliphatic carbocycles. The zero-order chi connectivity index (χ0) is 18.6. The highest BCUT2D eigenvalue weighted by molar-refractivity contribution is 6.04. The molecular weight excluding hydrogens is 344 g/mol. The van der Waals surface area contributed by atoms with E-state index >= 15 is 0 Å². The highest BCUT2D eigenvalue weighted by atomic mass is 16.5. The number of furan rings is 1. The van der Waals surface area contributed by atoms with Crippen molar-refractivity contribution >= 4 is 23.6 Å². The SMILES string of the molecule is O=C(/C=C/c1ccoc1)Nc1ccc2c(c1)C(=O)N1CCCC[C@@H]1CCO2. The number of carbonyl (C=O) groups is 2. The monoisotopic (exact) mass is 366 g/mol. The molecule has 1 saturated heterocycles. The van der Waals surface area contributed by atoms with Crippen LogP contribution in [0.1, 0.15) is 41.6 Å². The van der Waals surface area contributed by atoms with Crippen LogP contribution in [0.15, 0.2) is 47.3 Å². The van der Waals surface area contributed by atoms with Crippen molar-refractivity contribution in [3.8, 4) is 5.75 Å². The maximum atomic E-state index is 13.1. The number of carbonyl (C=O) groups excluding carboxylic acids is 2. The number of hydrogen-bond donors (Lipinski definition) is 1. The lowest BCUT2D eigenvalue weighted by Crippen LogP contribution is -2.45. The fraction of sp³-hybridized carbons (Fsp3) is 0.333. The van der Waals surface area contributed by atoms with E-state index in [1.807, 2.05) is 4.90 Å².